The van der Waals surface area contributed by atoms with Crippen molar-refractivity contribution in [2.24, 2.45) is 0 Å². The minimum atomic E-state index is 0.164. The normalized spacial score (nSPS) is 9.00. The molecule has 0 spiro atoms. The van der Waals surface area contributed by atoms with E-state index in [4.69, 9.17) is 28.9 Å². The number of hydrogen-bond donors (Lipinski definition) is 1. The number of benzene rings is 1. The van der Waals surface area contributed by atoms with Crippen molar-refractivity contribution in [3.05, 3.63) is 27.7 Å². The van der Waals surface area contributed by atoms with Crippen LogP contribution in [0.25, 0.3) is 0 Å². The molecule has 0 aromatic heterocycles. The summed E-state index contributed by atoms with van der Waals surface area (Å²) in [4.78, 5) is 10.0. The maximum Gasteiger partial charge on any atom is 0.131 e. The summed E-state index contributed by atoms with van der Waals surface area (Å²) >= 11 is 11.7. The van der Waals surface area contributed by atoms with Gasteiger partial charge in [0.1, 0.15) is 6.29 Å². The van der Waals surface area contributed by atoms with Gasteiger partial charge in [0.2, 0.25) is 0 Å². The van der Waals surface area contributed by atoms with Crippen LogP contribution >= 0.6 is 23.2 Å². The first kappa shape index (κ1) is 10.9. The SMILES string of the molecule is Nc1cc(Cl)c(C#CCC=O)c(Cl)c1. The van der Waals surface area contributed by atoms with Crippen molar-refractivity contribution in [2.45, 2.75) is 6.42 Å². The zero-order chi connectivity index (χ0) is 10.6. The van der Waals surface area contributed by atoms with Crippen LogP contribution < -0.4 is 5.73 Å². The van der Waals surface area contributed by atoms with Crippen LogP contribution in [0.4, 0.5) is 5.69 Å². The molecule has 2 N–H and O–H groups in total. The lowest BCUT2D eigenvalue weighted by molar-refractivity contribution is -0.107. The molecule has 0 unspecified atom stereocenters. The van der Waals surface area contributed by atoms with Crippen LogP contribution in [0.15, 0.2) is 12.1 Å². The Labute approximate surface area is 92.0 Å². The second-order valence-corrected chi connectivity index (χ2v) is 3.35. The molecule has 14 heavy (non-hydrogen) atoms. The van der Waals surface area contributed by atoms with Crippen LogP contribution in [-0.4, -0.2) is 6.29 Å². The van der Waals surface area contributed by atoms with Gasteiger partial charge in [0, 0.05) is 5.69 Å². The van der Waals surface area contributed by atoms with Crippen molar-refractivity contribution in [3.8, 4) is 11.8 Å². The second kappa shape index (κ2) is 4.90. The summed E-state index contributed by atoms with van der Waals surface area (Å²) in [5.41, 5.74) is 6.50. The number of anilines is 1. The summed E-state index contributed by atoms with van der Waals surface area (Å²) in [5, 5.41) is 0.793. The monoisotopic (exact) mass is 227 g/mol. The number of nitrogen functional groups attached to an aromatic ring is 1. The van der Waals surface area contributed by atoms with Gasteiger partial charge in [-0.1, -0.05) is 35.0 Å². The van der Waals surface area contributed by atoms with E-state index in [0.717, 1.165) is 0 Å². The predicted molar refractivity (Wildman–Crippen MR) is 58.4 cm³/mol. The standard InChI is InChI=1S/C10H7Cl2NO/c11-9-5-7(13)6-10(12)8(9)3-1-2-4-14/h4-6H,2,13H2. The Morgan fingerprint density at radius 1 is 1.36 bits per heavy atom. The number of hydrogen-bond acceptors (Lipinski definition) is 2. The third-order valence-electron chi connectivity index (χ3n) is 1.46. The van der Waals surface area contributed by atoms with Gasteiger partial charge in [-0.3, -0.25) is 0 Å². The third-order valence-corrected chi connectivity index (χ3v) is 2.06. The molecular formula is C10H7Cl2NO. The summed E-state index contributed by atoms with van der Waals surface area (Å²) in [6.45, 7) is 0. The van der Waals surface area contributed by atoms with Crippen LogP contribution in [0.5, 0.6) is 0 Å². The van der Waals surface area contributed by atoms with Gasteiger partial charge in [-0.25, -0.2) is 0 Å². The molecule has 0 atom stereocenters. The average molecular weight is 228 g/mol. The summed E-state index contributed by atoms with van der Waals surface area (Å²) < 4.78 is 0. The van der Waals surface area contributed by atoms with Gasteiger partial charge in [0.25, 0.3) is 0 Å². The molecule has 2 nitrogen and oxygen atoms in total. The quantitative estimate of drug-likeness (QED) is 0.456. The molecule has 1 aromatic carbocycles. The highest BCUT2D eigenvalue weighted by molar-refractivity contribution is 6.37. The molecule has 0 heterocycles. The summed E-state index contributed by atoms with van der Waals surface area (Å²) in [6, 6.07) is 3.14. The topological polar surface area (TPSA) is 43.1 Å². The van der Waals surface area contributed by atoms with Gasteiger partial charge >= 0.3 is 0 Å². The predicted octanol–water partition coefficient (Wildman–Crippen LogP) is 2.52. The number of rotatable bonds is 1. The van der Waals surface area contributed by atoms with Crippen molar-refractivity contribution in [1.29, 1.82) is 0 Å². The van der Waals surface area contributed by atoms with E-state index < -0.39 is 0 Å². The van der Waals surface area contributed by atoms with Crippen molar-refractivity contribution in [2.75, 3.05) is 5.73 Å². The van der Waals surface area contributed by atoms with E-state index in [1.54, 1.807) is 12.1 Å². The van der Waals surface area contributed by atoms with Gasteiger partial charge in [-0.2, -0.15) is 0 Å². The lowest BCUT2D eigenvalue weighted by Gasteiger charge is -2.00. The molecule has 0 radical (unpaired) electrons. The Morgan fingerprint density at radius 3 is 2.43 bits per heavy atom. The Morgan fingerprint density at radius 2 is 1.93 bits per heavy atom. The Hall–Kier alpha value is -1.17. The molecule has 0 saturated carbocycles. The second-order valence-electron chi connectivity index (χ2n) is 2.53. The third kappa shape index (κ3) is 2.66. The van der Waals surface area contributed by atoms with Gasteiger partial charge in [0.05, 0.1) is 22.0 Å². The molecule has 4 heteroatoms. The van der Waals surface area contributed by atoms with Crippen LogP contribution in [0.1, 0.15) is 12.0 Å². The first-order valence-corrected chi connectivity index (χ1v) is 4.57. The number of aldehydes is 1. The maximum atomic E-state index is 10.0. The first-order chi connectivity index (χ1) is 6.65. The molecular weight excluding hydrogens is 221 g/mol. The zero-order valence-corrected chi connectivity index (χ0v) is 8.69. The zero-order valence-electron chi connectivity index (χ0n) is 7.18. The van der Waals surface area contributed by atoms with Crippen molar-refractivity contribution < 1.29 is 4.79 Å². The van der Waals surface area contributed by atoms with Gasteiger partial charge in [-0.15, -0.1) is 0 Å². The molecule has 1 aromatic rings. The maximum absolute atomic E-state index is 10.0. The number of carbonyl (C=O) groups is 1. The van der Waals surface area contributed by atoms with E-state index in [0.29, 0.717) is 27.6 Å². The van der Waals surface area contributed by atoms with E-state index >= 15 is 0 Å². The van der Waals surface area contributed by atoms with E-state index in [1.165, 1.54) is 0 Å². The van der Waals surface area contributed by atoms with Gasteiger partial charge in [0.15, 0.2) is 0 Å². The lowest BCUT2D eigenvalue weighted by Crippen LogP contribution is -1.87. The fourth-order valence-electron chi connectivity index (χ4n) is 0.893. The highest BCUT2D eigenvalue weighted by Crippen LogP contribution is 2.26. The van der Waals surface area contributed by atoms with Gasteiger partial charge in [-0.05, 0) is 12.1 Å². The van der Waals surface area contributed by atoms with Crippen molar-refractivity contribution >= 4 is 35.2 Å². The smallest absolute Gasteiger partial charge is 0.131 e. The van der Waals surface area contributed by atoms with Gasteiger partial charge < -0.3 is 10.5 Å². The Kier molecular flexibility index (Phi) is 3.82. The number of carbonyl (C=O) groups excluding carboxylic acids is 1. The molecule has 0 saturated heterocycles. The molecule has 0 fully saturated rings. The Balaban J connectivity index is 3.10. The Bertz CT molecular complexity index is 395. The molecule has 72 valence electrons. The van der Waals surface area contributed by atoms with Crippen LogP contribution in [0.3, 0.4) is 0 Å². The van der Waals surface area contributed by atoms with Crippen molar-refractivity contribution in [3.63, 3.8) is 0 Å². The van der Waals surface area contributed by atoms with Crippen LogP contribution in [-0.2, 0) is 4.79 Å². The van der Waals surface area contributed by atoms with E-state index in [-0.39, 0.29) is 6.42 Å². The summed E-state index contributed by atoms with van der Waals surface area (Å²) in [7, 11) is 0. The van der Waals surface area contributed by atoms with E-state index in [9.17, 15) is 4.79 Å². The largest absolute Gasteiger partial charge is 0.399 e. The van der Waals surface area contributed by atoms with Crippen LogP contribution in [0.2, 0.25) is 10.0 Å². The molecule has 0 aliphatic carbocycles. The van der Waals surface area contributed by atoms with Crippen LogP contribution in [0, 0.1) is 11.8 Å². The summed E-state index contributed by atoms with van der Waals surface area (Å²) in [5.74, 6) is 5.33. The molecule has 0 aliphatic rings. The number of halogens is 2. The molecule has 0 bridgehead atoms. The highest BCUT2D eigenvalue weighted by atomic mass is 35.5. The summed E-state index contributed by atoms with van der Waals surface area (Å²) in [6.07, 6.45) is 0.878. The fourth-order valence-corrected chi connectivity index (χ4v) is 1.49. The van der Waals surface area contributed by atoms with E-state index in [2.05, 4.69) is 11.8 Å². The minimum Gasteiger partial charge on any atom is -0.399 e. The molecule has 0 amide bonds. The van der Waals surface area contributed by atoms with Crippen molar-refractivity contribution in [1.82, 2.24) is 0 Å². The lowest BCUT2D eigenvalue weighted by atomic mass is 10.2. The number of nitrogens with two attached hydrogens (primary N) is 1. The molecule has 1 rings (SSSR count). The average Bonchev–Trinajstić information content (AvgIpc) is 2.09. The highest BCUT2D eigenvalue weighted by Gasteiger charge is 2.03. The minimum absolute atomic E-state index is 0.164. The first-order valence-electron chi connectivity index (χ1n) is 3.82. The van der Waals surface area contributed by atoms with E-state index in [1.807, 2.05) is 0 Å². The molecule has 0 aliphatic heterocycles. The fraction of sp³-hybridized carbons (Fsp3) is 0.100.